The lowest BCUT2D eigenvalue weighted by Gasteiger charge is -2.44. The van der Waals surface area contributed by atoms with Crippen molar-refractivity contribution in [2.24, 2.45) is 0 Å². The van der Waals surface area contributed by atoms with Gasteiger partial charge in [-0.15, -0.1) is 0 Å². The number of nitrogens with one attached hydrogen (secondary N) is 1. The number of carbonyl (C=O) groups is 1. The first-order valence-corrected chi connectivity index (χ1v) is 14.6. The van der Waals surface area contributed by atoms with Crippen LogP contribution in [0.1, 0.15) is 75.8 Å². The normalized spacial score (nSPS) is 15.2. The molecule has 0 spiro atoms. The summed E-state index contributed by atoms with van der Waals surface area (Å²) in [6.45, 7) is 2.77. The van der Waals surface area contributed by atoms with Gasteiger partial charge < -0.3 is 10.2 Å². The van der Waals surface area contributed by atoms with Crippen molar-refractivity contribution in [3.8, 4) is 0 Å². The Morgan fingerprint density at radius 1 is 0.872 bits per heavy atom. The second-order valence-electron chi connectivity index (χ2n) is 10.5. The Bertz CT molecular complexity index is 1180. The SMILES string of the molecule is CCCCCCCN(C(=O)Nc1ccc(F)cc1F)C1CCC(c2ccc(Cl)cc2)(c2ccc(Cl)cc2)CC1. The number of rotatable bonds is 10. The monoisotopic (exact) mass is 572 g/mol. The molecule has 208 valence electrons. The van der Waals surface area contributed by atoms with Crippen LogP contribution in [0.2, 0.25) is 10.0 Å². The van der Waals surface area contributed by atoms with E-state index in [2.05, 4.69) is 36.5 Å². The molecule has 3 aromatic rings. The highest BCUT2D eigenvalue weighted by atomic mass is 35.5. The van der Waals surface area contributed by atoms with Gasteiger partial charge in [0.15, 0.2) is 0 Å². The Balaban J connectivity index is 1.55. The highest BCUT2D eigenvalue weighted by Gasteiger charge is 2.40. The third kappa shape index (κ3) is 7.32. The minimum Gasteiger partial charge on any atom is -0.322 e. The highest BCUT2D eigenvalue weighted by Crippen LogP contribution is 2.46. The fourth-order valence-corrected chi connectivity index (χ4v) is 6.05. The van der Waals surface area contributed by atoms with Crippen molar-refractivity contribution in [3.63, 3.8) is 0 Å². The number of unbranched alkanes of at least 4 members (excludes halogenated alkanes) is 4. The van der Waals surface area contributed by atoms with Crippen molar-refractivity contribution in [1.82, 2.24) is 4.90 Å². The molecule has 39 heavy (non-hydrogen) atoms. The van der Waals surface area contributed by atoms with E-state index >= 15 is 0 Å². The predicted octanol–water partition coefficient (Wildman–Crippen LogP) is 10.0. The second-order valence-corrected chi connectivity index (χ2v) is 11.4. The van der Waals surface area contributed by atoms with E-state index in [4.69, 9.17) is 23.2 Å². The maximum atomic E-state index is 14.3. The number of urea groups is 1. The van der Waals surface area contributed by atoms with Gasteiger partial charge >= 0.3 is 6.03 Å². The molecule has 3 aromatic carbocycles. The molecule has 1 N–H and O–H groups in total. The van der Waals surface area contributed by atoms with E-state index in [1.54, 1.807) is 0 Å². The summed E-state index contributed by atoms with van der Waals surface area (Å²) in [6.07, 6.45) is 8.62. The molecule has 0 heterocycles. The van der Waals surface area contributed by atoms with Crippen LogP contribution in [0.5, 0.6) is 0 Å². The van der Waals surface area contributed by atoms with Gasteiger partial charge in [0.2, 0.25) is 0 Å². The van der Waals surface area contributed by atoms with E-state index in [0.717, 1.165) is 63.5 Å². The minimum absolute atomic E-state index is 0.00686. The van der Waals surface area contributed by atoms with E-state index in [1.165, 1.54) is 23.6 Å². The topological polar surface area (TPSA) is 32.3 Å². The average molecular weight is 574 g/mol. The molecule has 1 fully saturated rings. The van der Waals surface area contributed by atoms with Gasteiger partial charge in [-0.05, 0) is 79.6 Å². The lowest BCUT2D eigenvalue weighted by molar-refractivity contribution is 0.149. The maximum Gasteiger partial charge on any atom is 0.322 e. The Hall–Kier alpha value is -2.63. The Morgan fingerprint density at radius 2 is 1.44 bits per heavy atom. The van der Waals surface area contributed by atoms with E-state index in [0.29, 0.717) is 16.6 Å². The van der Waals surface area contributed by atoms with Crippen LogP contribution in [-0.4, -0.2) is 23.5 Å². The molecule has 1 saturated carbocycles. The first kappa shape index (κ1) is 29.4. The van der Waals surface area contributed by atoms with Crippen molar-refractivity contribution in [2.75, 3.05) is 11.9 Å². The van der Waals surface area contributed by atoms with Crippen molar-refractivity contribution in [2.45, 2.75) is 76.2 Å². The zero-order valence-electron chi connectivity index (χ0n) is 22.4. The van der Waals surface area contributed by atoms with Gasteiger partial charge in [0, 0.05) is 34.1 Å². The highest BCUT2D eigenvalue weighted by molar-refractivity contribution is 6.30. The summed E-state index contributed by atoms with van der Waals surface area (Å²) in [5, 5.41) is 4.08. The standard InChI is InChI=1S/C32H36Cl2F2N2O/c1-2-3-4-5-6-21-38(31(39)37-30-16-15-27(35)22-29(30)36)28-17-19-32(20-18-28,23-7-11-25(33)12-8-23)24-9-13-26(34)14-10-24/h7-16,22,28H,2-6,17-21H2,1H3,(H,37,39). The molecular formula is C32H36Cl2F2N2O. The number of hydrogen-bond acceptors (Lipinski definition) is 1. The Morgan fingerprint density at radius 3 is 1.97 bits per heavy atom. The third-order valence-corrected chi connectivity index (χ3v) is 8.48. The number of amides is 2. The summed E-state index contributed by atoms with van der Waals surface area (Å²) in [7, 11) is 0. The smallest absolute Gasteiger partial charge is 0.322 e. The van der Waals surface area contributed by atoms with Crippen LogP contribution in [-0.2, 0) is 5.41 Å². The molecule has 0 radical (unpaired) electrons. The average Bonchev–Trinajstić information content (AvgIpc) is 2.93. The number of hydrogen-bond donors (Lipinski definition) is 1. The Kier molecular flexibility index (Phi) is 10.3. The largest absolute Gasteiger partial charge is 0.322 e. The van der Waals surface area contributed by atoms with E-state index < -0.39 is 11.6 Å². The molecule has 4 rings (SSSR count). The molecule has 0 unspecified atom stereocenters. The third-order valence-electron chi connectivity index (χ3n) is 7.98. The minimum atomic E-state index is -0.778. The zero-order valence-corrected chi connectivity index (χ0v) is 23.9. The summed E-state index contributed by atoms with van der Waals surface area (Å²) < 4.78 is 27.8. The van der Waals surface area contributed by atoms with Crippen LogP contribution in [0.25, 0.3) is 0 Å². The number of benzene rings is 3. The molecule has 0 aliphatic heterocycles. The zero-order chi connectivity index (χ0) is 27.8. The number of carbonyl (C=O) groups excluding carboxylic acids is 1. The Labute approximate surface area is 240 Å². The van der Waals surface area contributed by atoms with Gasteiger partial charge in [-0.1, -0.05) is 80.1 Å². The molecule has 1 aliphatic carbocycles. The van der Waals surface area contributed by atoms with Crippen LogP contribution < -0.4 is 5.32 Å². The molecule has 0 bridgehead atoms. The second kappa shape index (κ2) is 13.6. The van der Waals surface area contributed by atoms with Crippen molar-refractivity contribution in [3.05, 3.63) is 99.5 Å². The van der Waals surface area contributed by atoms with Gasteiger partial charge in [0.1, 0.15) is 11.6 Å². The van der Waals surface area contributed by atoms with Gasteiger partial charge in [-0.3, -0.25) is 0 Å². The first-order chi connectivity index (χ1) is 18.8. The summed E-state index contributed by atoms with van der Waals surface area (Å²) >= 11 is 12.4. The summed E-state index contributed by atoms with van der Waals surface area (Å²) in [6, 6.07) is 18.9. The first-order valence-electron chi connectivity index (χ1n) is 13.9. The van der Waals surface area contributed by atoms with Crippen molar-refractivity contribution in [1.29, 1.82) is 0 Å². The van der Waals surface area contributed by atoms with E-state index in [1.807, 2.05) is 29.2 Å². The molecule has 2 amide bonds. The molecule has 0 saturated heterocycles. The van der Waals surface area contributed by atoms with Crippen LogP contribution >= 0.6 is 23.2 Å². The molecule has 1 aliphatic rings. The summed E-state index contributed by atoms with van der Waals surface area (Å²) in [5.41, 5.74) is 2.15. The fourth-order valence-electron chi connectivity index (χ4n) is 5.80. The van der Waals surface area contributed by atoms with E-state index in [9.17, 15) is 13.6 Å². The number of anilines is 1. The lowest BCUT2D eigenvalue weighted by atomic mass is 9.64. The summed E-state index contributed by atoms with van der Waals surface area (Å²) in [5.74, 6) is -1.45. The predicted molar refractivity (Wildman–Crippen MR) is 157 cm³/mol. The van der Waals surface area contributed by atoms with E-state index in [-0.39, 0.29) is 23.2 Å². The summed E-state index contributed by atoms with van der Waals surface area (Å²) in [4.78, 5) is 15.3. The molecular weight excluding hydrogens is 537 g/mol. The van der Waals surface area contributed by atoms with Crippen LogP contribution in [0.15, 0.2) is 66.7 Å². The quantitative estimate of drug-likeness (QED) is 0.241. The van der Waals surface area contributed by atoms with Crippen molar-refractivity contribution >= 4 is 34.9 Å². The van der Waals surface area contributed by atoms with Gasteiger partial charge in [0.05, 0.1) is 5.69 Å². The van der Waals surface area contributed by atoms with Gasteiger partial charge in [-0.2, -0.15) is 0 Å². The van der Waals surface area contributed by atoms with Crippen LogP contribution in [0.3, 0.4) is 0 Å². The van der Waals surface area contributed by atoms with Crippen LogP contribution in [0.4, 0.5) is 19.3 Å². The van der Waals surface area contributed by atoms with Gasteiger partial charge in [-0.25, -0.2) is 13.6 Å². The van der Waals surface area contributed by atoms with Crippen LogP contribution in [0, 0.1) is 11.6 Å². The number of nitrogens with zero attached hydrogens (tertiary/aromatic N) is 1. The van der Waals surface area contributed by atoms with Gasteiger partial charge in [0.25, 0.3) is 0 Å². The van der Waals surface area contributed by atoms with Crippen molar-refractivity contribution < 1.29 is 13.6 Å². The molecule has 0 aromatic heterocycles. The molecule has 7 heteroatoms. The molecule has 3 nitrogen and oxygen atoms in total. The fraction of sp³-hybridized carbons (Fsp3) is 0.406. The maximum absolute atomic E-state index is 14.3. The lowest BCUT2D eigenvalue weighted by Crippen LogP contribution is -2.47. The molecule has 0 atom stereocenters. The number of halogens is 4.